The molecule has 0 aliphatic carbocycles. The van der Waals surface area contributed by atoms with E-state index in [1.165, 1.54) is 31.4 Å². The number of hydrogen-bond acceptors (Lipinski definition) is 7. The molecule has 0 aliphatic rings. The Kier molecular flexibility index (Phi) is 7.01. The Morgan fingerprint density at radius 2 is 1.31 bits per heavy atom. The van der Waals surface area contributed by atoms with Crippen LogP contribution < -0.4 is 10.9 Å². The molecule has 0 saturated carbocycles. The zero-order chi connectivity index (χ0) is 25.7. The lowest BCUT2D eigenvalue weighted by Gasteiger charge is -2.08. The lowest BCUT2D eigenvalue weighted by molar-refractivity contribution is 0.0600. The molecular formula is C27H22N4O5. The Morgan fingerprint density at radius 3 is 1.92 bits per heavy atom. The first-order valence-electron chi connectivity index (χ1n) is 10.8. The summed E-state index contributed by atoms with van der Waals surface area (Å²) >= 11 is 0. The van der Waals surface area contributed by atoms with Crippen molar-refractivity contribution in [1.82, 2.24) is 21.0 Å². The average Bonchev–Trinajstić information content (AvgIpc) is 3.42. The number of amides is 2. The van der Waals surface area contributed by atoms with Gasteiger partial charge >= 0.3 is 5.97 Å². The quantitative estimate of drug-likeness (QED) is 0.310. The normalized spacial score (nSPS) is 10.4. The maximum atomic E-state index is 12.6. The molecule has 1 heterocycles. The number of rotatable bonds is 6. The van der Waals surface area contributed by atoms with Gasteiger partial charge in [0.2, 0.25) is 11.8 Å². The number of ether oxygens (including phenoxy) is 1. The predicted octanol–water partition coefficient (Wildman–Crippen LogP) is 4.30. The van der Waals surface area contributed by atoms with E-state index in [-0.39, 0.29) is 17.0 Å². The highest BCUT2D eigenvalue weighted by molar-refractivity contribution is 6.00. The molecule has 0 atom stereocenters. The van der Waals surface area contributed by atoms with Crippen LogP contribution in [0.1, 0.15) is 43.6 Å². The molecule has 9 nitrogen and oxygen atoms in total. The van der Waals surface area contributed by atoms with Crippen molar-refractivity contribution in [3.8, 4) is 22.9 Å². The molecule has 0 aliphatic heterocycles. The minimum Gasteiger partial charge on any atom is -0.465 e. The van der Waals surface area contributed by atoms with E-state index >= 15 is 0 Å². The summed E-state index contributed by atoms with van der Waals surface area (Å²) in [5.41, 5.74) is 8.83. The van der Waals surface area contributed by atoms with E-state index in [1.54, 1.807) is 24.3 Å². The SMILES string of the molecule is C=C(C)c1ccc(-c2nnc(-c3cccc(C(=O)NNC(=O)c4ccc(C(=O)OC)cc4)c3)o2)cc1. The van der Waals surface area contributed by atoms with Crippen molar-refractivity contribution in [2.24, 2.45) is 0 Å². The molecule has 36 heavy (non-hydrogen) atoms. The number of hydrazine groups is 1. The highest BCUT2D eigenvalue weighted by Crippen LogP contribution is 2.25. The molecule has 0 saturated heterocycles. The number of aromatic nitrogens is 2. The maximum absolute atomic E-state index is 12.6. The van der Waals surface area contributed by atoms with Crippen LogP contribution >= 0.6 is 0 Å². The molecule has 4 rings (SSSR count). The zero-order valence-electron chi connectivity index (χ0n) is 19.6. The summed E-state index contributed by atoms with van der Waals surface area (Å²) in [4.78, 5) is 36.4. The second-order valence-electron chi connectivity index (χ2n) is 7.83. The fraction of sp³-hybridized carbons (Fsp3) is 0.0741. The van der Waals surface area contributed by atoms with Crippen molar-refractivity contribution in [2.75, 3.05) is 7.11 Å². The van der Waals surface area contributed by atoms with Crippen molar-refractivity contribution >= 4 is 23.4 Å². The smallest absolute Gasteiger partial charge is 0.337 e. The number of methoxy groups -OCH3 is 1. The molecule has 2 amide bonds. The fourth-order valence-electron chi connectivity index (χ4n) is 3.28. The molecule has 0 unspecified atom stereocenters. The summed E-state index contributed by atoms with van der Waals surface area (Å²) in [6.45, 7) is 5.85. The van der Waals surface area contributed by atoms with E-state index in [4.69, 9.17) is 4.42 Å². The maximum Gasteiger partial charge on any atom is 0.337 e. The third-order valence-electron chi connectivity index (χ3n) is 5.28. The van der Waals surface area contributed by atoms with Crippen molar-refractivity contribution in [2.45, 2.75) is 6.92 Å². The fourth-order valence-corrected chi connectivity index (χ4v) is 3.28. The largest absolute Gasteiger partial charge is 0.465 e. The second kappa shape index (κ2) is 10.5. The Bertz CT molecular complexity index is 1440. The van der Waals surface area contributed by atoms with Crippen LogP contribution in [-0.4, -0.2) is 35.1 Å². The van der Waals surface area contributed by atoms with Gasteiger partial charge in [-0.05, 0) is 67.1 Å². The van der Waals surface area contributed by atoms with Gasteiger partial charge in [0.15, 0.2) is 0 Å². The Labute approximate surface area is 206 Å². The molecule has 9 heteroatoms. The summed E-state index contributed by atoms with van der Waals surface area (Å²) in [7, 11) is 1.27. The molecule has 0 radical (unpaired) electrons. The third kappa shape index (κ3) is 5.36. The standard InChI is InChI=1S/C27H22N4O5/c1-16(2)17-7-11-19(12-8-17)25-30-31-26(36-25)22-6-4-5-21(15-22)24(33)29-28-23(32)18-9-13-20(14-10-18)27(34)35-3/h4-15H,1H2,2-3H3,(H,28,32)(H,29,33). The molecule has 0 bridgehead atoms. The van der Waals surface area contributed by atoms with Gasteiger partial charge in [-0.3, -0.25) is 20.4 Å². The lowest BCUT2D eigenvalue weighted by Crippen LogP contribution is -2.41. The Morgan fingerprint density at radius 1 is 0.750 bits per heavy atom. The molecule has 3 aromatic carbocycles. The number of carbonyl (C=O) groups is 3. The predicted molar refractivity (Wildman–Crippen MR) is 133 cm³/mol. The van der Waals surface area contributed by atoms with Gasteiger partial charge < -0.3 is 9.15 Å². The number of esters is 1. The van der Waals surface area contributed by atoms with E-state index in [0.29, 0.717) is 17.0 Å². The molecule has 4 aromatic rings. The molecular weight excluding hydrogens is 460 g/mol. The van der Waals surface area contributed by atoms with Crippen molar-refractivity contribution in [1.29, 1.82) is 0 Å². The summed E-state index contributed by atoms with van der Waals surface area (Å²) in [6, 6.07) is 20.0. The highest BCUT2D eigenvalue weighted by Gasteiger charge is 2.15. The van der Waals surface area contributed by atoms with Gasteiger partial charge in [0.1, 0.15) is 0 Å². The van der Waals surface area contributed by atoms with Gasteiger partial charge in [-0.15, -0.1) is 10.2 Å². The first-order valence-corrected chi connectivity index (χ1v) is 10.8. The van der Waals surface area contributed by atoms with Crippen molar-refractivity contribution in [3.63, 3.8) is 0 Å². The summed E-state index contributed by atoms with van der Waals surface area (Å²) in [5.74, 6) is -0.997. The van der Waals surface area contributed by atoms with Crippen LogP contribution in [0.15, 0.2) is 83.8 Å². The average molecular weight is 482 g/mol. The molecule has 0 fully saturated rings. The first-order chi connectivity index (χ1) is 17.4. The first kappa shape index (κ1) is 24.1. The van der Waals surface area contributed by atoms with Crippen molar-refractivity contribution in [3.05, 3.63) is 102 Å². The van der Waals surface area contributed by atoms with Crippen LogP contribution in [-0.2, 0) is 4.74 Å². The number of benzene rings is 3. The van der Waals surface area contributed by atoms with E-state index in [2.05, 4.69) is 32.4 Å². The Balaban J connectivity index is 1.42. The van der Waals surface area contributed by atoms with Crippen LogP contribution in [0.4, 0.5) is 0 Å². The van der Waals surface area contributed by atoms with Crippen LogP contribution in [0, 0.1) is 0 Å². The van der Waals surface area contributed by atoms with Crippen LogP contribution in [0.25, 0.3) is 28.5 Å². The molecule has 2 N–H and O–H groups in total. The van der Waals surface area contributed by atoms with E-state index < -0.39 is 17.8 Å². The van der Waals surface area contributed by atoms with Gasteiger partial charge in [0, 0.05) is 22.3 Å². The van der Waals surface area contributed by atoms with E-state index in [1.807, 2.05) is 31.2 Å². The van der Waals surface area contributed by atoms with Crippen LogP contribution in [0.3, 0.4) is 0 Å². The number of hydrogen-bond donors (Lipinski definition) is 2. The minimum absolute atomic E-state index is 0.248. The van der Waals surface area contributed by atoms with Gasteiger partial charge in [0.25, 0.3) is 11.8 Å². The summed E-state index contributed by atoms with van der Waals surface area (Å²) < 4.78 is 10.4. The Hall–Kier alpha value is -5.05. The summed E-state index contributed by atoms with van der Waals surface area (Å²) in [5, 5.41) is 8.19. The topological polar surface area (TPSA) is 123 Å². The lowest BCUT2D eigenvalue weighted by atomic mass is 10.1. The third-order valence-corrected chi connectivity index (χ3v) is 5.28. The highest BCUT2D eigenvalue weighted by atomic mass is 16.5. The molecule has 180 valence electrons. The number of nitrogens with one attached hydrogen (secondary N) is 2. The number of carbonyl (C=O) groups excluding carboxylic acids is 3. The zero-order valence-corrected chi connectivity index (χ0v) is 19.6. The van der Waals surface area contributed by atoms with Crippen molar-refractivity contribution < 1.29 is 23.5 Å². The minimum atomic E-state index is -0.546. The number of allylic oxidation sites excluding steroid dienone is 1. The monoisotopic (exact) mass is 482 g/mol. The van der Waals surface area contributed by atoms with Gasteiger partial charge in [-0.25, -0.2) is 4.79 Å². The molecule has 1 aromatic heterocycles. The second-order valence-corrected chi connectivity index (χ2v) is 7.83. The van der Waals surface area contributed by atoms with Gasteiger partial charge in [0.05, 0.1) is 12.7 Å². The van der Waals surface area contributed by atoms with E-state index in [0.717, 1.165) is 16.7 Å². The van der Waals surface area contributed by atoms with Crippen LogP contribution in [0.5, 0.6) is 0 Å². The van der Waals surface area contributed by atoms with Crippen LogP contribution in [0.2, 0.25) is 0 Å². The summed E-state index contributed by atoms with van der Waals surface area (Å²) in [6.07, 6.45) is 0. The van der Waals surface area contributed by atoms with Gasteiger partial charge in [-0.1, -0.05) is 30.4 Å². The number of nitrogens with zero attached hydrogens (tertiary/aromatic N) is 2. The molecule has 0 spiro atoms. The van der Waals surface area contributed by atoms with Gasteiger partial charge in [-0.2, -0.15) is 0 Å². The van der Waals surface area contributed by atoms with E-state index in [9.17, 15) is 14.4 Å².